The third-order valence-corrected chi connectivity index (χ3v) is 3.77. The highest BCUT2D eigenvalue weighted by molar-refractivity contribution is 5.79. The molecule has 0 radical (unpaired) electrons. The number of aromatic nitrogens is 5. The first-order chi connectivity index (χ1) is 10.6. The molecule has 6 heteroatoms. The van der Waals surface area contributed by atoms with Crippen LogP contribution >= 0.6 is 0 Å². The second-order valence-corrected chi connectivity index (χ2v) is 5.29. The molecule has 22 heavy (non-hydrogen) atoms. The first-order valence-electron chi connectivity index (χ1n) is 6.93. The summed E-state index contributed by atoms with van der Waals surface area (Å²) in [6.45, 7) is 3.93. The van der Waals surface area contributed by atoms with Gasteiger partial charge >= 0.3 is 0 Å². The van der Waals surface area contributed by atoms with Crippen LogP contribution in [0.5, 0.6) is 0 Å². The van der Waals surface area contributed by atoms with Crippen molar-refractivity contribution in [3.8, 4) is 5.69 Å². The van der Waals surface area contributed by atoms with E-state index in [1.165, 1.54) is 6.33 Å². The van der Waals surface area contributed by atoms with Gasteiger partial charge in [-0.1, -0.05) is 17.7 Å². The van der Waals surface area contributed by atoms with Crippen LogP contribution < -0.4 is 5.56 Å². The maximum absolute atomic E-state index is 12.9. The summed E-state index contributed by atoms with van der Waals surface area (Å²) in [7, 11) is 0. The van der Waals surface area contributed by atoms with E-state index in [9.17, 15) is 4.79 Å². The fourth-order valence-corrected chi connectivity index (χ4v) is 2.66. The summed E-state index contributed by atoms with van der Waals surface area (Å²) in [6.07, 6.45) is 2.99. The summed E-state index contributed by atoms with van der Waals surface area (Å²) in [5, 5.41) is 4.66. The van der Waals surface area contributed by atoms with E-state index in [1.807, 2.05) is 44.2 Å². The van der Waals surface area contributed by atoms with Gasteiger partial charge in [0.05, 0.1) is 10.9 Å². The highest BCUT2D eigenvalue weighted by atomic mass is 16.1. The molecular formula is C16H13N5O. The van der Waals surface area contributed by atoms with E-state index in [0.717, 1.165) is 16.9 Å². The monoisotopic (exact) mass is 291 g/mol. The molecule has 108 valence electrons. The molecule has 3 aromatic heterocycles. The van der Waals surface area contributed by atoms with Gasteiger partial charge in [-0.15, -0.1) is 0 Å². The molecule has 0 aliphatic rings. The van der Waals surface area contributed by atoms with Crippen molar-refractivity contribution in [1.82, 2.24) is 24.1 Å². The van der Waals surface area contributed by atoms with Gasteiger partial charge in [-0.05, 0) is 32.0 Å². The lowest BCUT2D eigenvalue weighted by Crippen LogP contribution is -2.21. The van der Waals surface area contributed by atoms with Gasteiger partial charge in [-0.2, -0.15) is 14.6 Å². The average molecular weight is 291 g/mol. The molecule has 4 aromatic rings. The maximum Gasteiger partial charge on any atom is 0.266 e. The Labute approximate surface area is 125 Å². The van der Waals surface area contributed by atoms with E-state index >= 15 is 0 Å². The molecule has 0 saturated carbocycles. The minimum atomic E-state index is -0.108. The number of rotatable bonds is 1. The van der Waals surface area contributed by atoms with E-state index in [-0.39, 0.29) is 5.56 Å². The van der Waals surface area contributed by atoms with Crippen LogP contribution in [0.15, 0.2) is 47.7 Å². The highest BCUT2D eigenvalue weighted by Crippen LogP contribution is 2.16. The maximum atomic E-state index is 12.9. The third kappa shape index (κ3) is 1.74. The Morgan fingerprint density at radius 3 is 2.59 bits per heavy atom. The topological polar surface area (TPSA) is 65.1 Å². The summed E-state index contributed by atoms with van der Waals surface area (Å²) >= 11 is 0. The molecule has 0 saturated heterocycles. The van der Waals surface area contributed by atoms with Crippen molar-refractivity contribution in [2.75, 3.05) is 0 Å². The van der Waals surface area contributed by atoms with Crippen LogP contribution in [0.4, 0.5) is 0 Å². The van der Waals surface area contributed by atoms with Gasteiger partial charge in [0.1, 0.15) is 6.33 Å². The molecule has 4 rings (SSSR count). The average Bonchev–Trinajstić information content (AvgIpc) is 2.98. The highest BCUT2D eigenvalue weighted by Gasteiger charge is 2.12. The zero-order valence-electron chi connectivity index (χ0n) is 12.2. The van der Waals surface area contributed by atoms with Gasteiger partial charge in [0.2, 0.25) is 0 Å². The van der Waals surface area contributed by atoms with Crippen molar-refractivity contribution < 1.29 is 0 Å². The third-order valence-electron chi connectivity index (χ3n) is 3.77. The molecular weight excluding hydrogens is 278 g/mol. The number of nitrogens with zero attached hydrogens (tertiary/aromatic N) is 5. The van der Waals surface area contributed by atoms with Gasteiger partial charge in [0.15, 0.2) is 0 Å². The SMILES string of the molecule is Cc1ccc(-n2c(C)cc3c(cnc4ncnn43)c2=O)cc1. The van der Waals surface area contributed by atoms with Crippen molar-refractivity contribution in [3.63, 3.8) is 0 Å². The van der Waals surface area contributed by atoms with Gasteiger partial charge in [-0.3, -0.25) is 9.36 Å². The summed E-state index contributed by atoms with van der Waals surface area (Å²) in [4.78, 5) is 21.1. The normalized spacial score (nSPS) is 11.4. The Balaban J connectivity index is 2.10. The summed E-state index contributed by atoms with van der Waals surface area (Å²) in [5.41, 5.74) is 3.44. The summed E-state index contributed by atoms with van der Waals surface area (Å²) in [5.74, 6) is 0.486. The lowest BCUT2D eigenvalue weighted by molar-refractivity contribution is 0.926. The quantitative estimate of drug-likeness (QED) is 0.538. The second kappa shape index (κ2) is 4.49. The van der Waals surface area contributed by atoms with Crippen molar-refractivity contribution in [2.24, 2.45) is 0 Å². The van der Waals surface area contributed by atoms with Gasteiger partial charge in [0.25, 0.3) is 11.3 Å². The first kappa shape index (κ1) is 12.7. The lowest BCUT2D eigenvalue weighted by Gasteiger charge is -2.12. The molecule has 0 unspecified atom stereocenters. The fourth-order valence-electron chi connectivity index (χ4n) is 2.66. The fraction of sp³-hybridized carbons (Fsp3) is 0.125. The van der Waals surface area contributed by atoms with Gasteiger partial charge in [-0.25, -0.2) is 4.98 Å². The Kier molecular flexibility index (Phi) is 2.59. The standard InChI is InChI=1S/C16H13N5O/c1-10-3-5-12(6-4-10)20-11(2)7-14-13(15(20)22)8-17-16-18-9-19-21(14)16/h3-9H,1-2H3. The predicted molar refractivity (Wildman–Crippen MR) is 83.4 cm³/mol. The molecule has 1 aromatic carbocycles. The zero-order chi connectivity index (χ0) is 15.3. The van der Waals surface area contributed by atoms with Gasteiger partial charge in [0, 0.05) is 17.6 Å². The van der Waals surface area contributed by atoms with Crippen LogP contribution in [-0.4, -0.2) is 24.1 Å². The van der Waals surface area contributed by atoms with Crippen molar-refractivity contribution in [3.05, 3.63) is 64.5 Å². The molecule has 0 amide bonds. The molecule has 3 heterocycles. The largest absolute Gasteiger partial charge is 0.281 e. The van der Waals surface area contributed by atoms with Crippen LogP contribution in [0.1, 0.15) is 11.3 Å². The van der Waals surface area contributed by atoms with Crippen molar-refractivity contribution >= 4 is 16.7 Å². The second-order valence-electron chi connectivity index (χ2n) is 5.29. The van der Waals surface area contributed by atoms with E-state index in [4.69, 9.17) is 0 Å². The van der Waals surface area contributed by atoms with E-state index < -0.39 is 0 Å². The minimum absolute atomic E-state index is 0.108. The number of benzene rings is 1. The molecule has 0 fully saturated rings. The molecule has 0 spiro atoms. The smallest absolute Gasteiger partial charge is 0.266 e. The van der Waals surface area contributed by atoms with Crippen LogP contribution in [0.2, 0.25) is 0 Å². The minimum Gasteiger partial charge on any atom is -0.281 e. The summed E-state index contributed by atoms with van der Waals surface area (Å²) in [6, 6.07) is 9.79. The van der Waals surface area contributed by atoms with E-state index in [2.05, 4.69) is 15.1 Å². The van der Waals surface area contributed by atoms with Crippen molar-refractivity contribution in [2.45, 2.75) is 13.8 Å². The first-order valence-corrected chi connectivity index (χ1v) is 6.93. The van der Waals surface area contributed by atoms with Crippen LogP contribution in [0, 0.1) is 13.8 Å². The Hall–Kier alpha value is -3.02. The predicted octanol–water partition coefficient (Wildman–Crippen LogP) is 2.05. The molecule has 0 aliphatic heterocycles. The number of fused-ring (bicyclic) bond motifs is 3. The number of aryl methyl sites for hydroxylation is 2. The molecule has 6 nitrogen and oxygen atoms in total. The van der Waals surface area contributed by atoms with E-state index in [0.29, 0.717) is 16.7 Å². The number of hydrogen-bond acceptors (Lipinski definition) is 4. The Morgan fingerprint density at radius 2 is 1.82 bits per heavy atom. The lowest BCUT2D eigenvalue weighted by atomic mass is 10.2. The van der Waals surface area contributed by atoms with Crippen LogP contribution in [0.25, 0.3) is 22.4 Å². The Morgan fingerprint density at radius 1 is 1.05 bits per heavy atom. The van der Waals surface area contributed by atoms with Crippen molar-refractivity contribution in [1.29, 1.82) is 0 Å². The van der Waals surface area contributed by atoms with Crippen LogP contribution in [0.3, 0.4) is 0 Å². The molecule has 0 bridgehead atoms. The number of pyridine rings is 1. The van der Waals surface area contributed by atoms with Gasteiger partial charge < -0.3 is 0 Å². The van der Waals surface area contributed by atoms with Crippen LogP contribution in [-0.2, 0) is 0 Å². The Bertz CT molecular complexity index is 1060. The zero-order valence-corrected chi connectivity index (χ0v) is 12.2. The molecule has 0 atom stereocenters. The molecule has 0 N–H and O–H groups in total. The summed E-state index contributed by atoms with van der Waals surface area (Å²) < 4.78 is 3.27. The molecule has 0 aliphatic carbocycles. The number of hydrogen-bond donors (Lipinski definition) is 0. The van der Waals surface area contributed by atoms with E-state index in [1.54, 1.807) is 15.3 Å².